The number of nitrogens with two attached hydrogens (primary N) is 1. The first-order valence-corrected chi connectivity index (χ1v) is 9.50. The lowest BCUT2D eigenvalue weighted by Crippen LogP contribution is -2.96. The quantitative estimate of drug-likeness (QED) is 0.914. The number of hydrogen-bond donors (Lipinski definition) is 1. The number of fused-ring (bicyclic) bond motifs is 1. The van der Waals surface area contributed by atoms with Crippen LogP contribution in [-0.4, -0.2) is 29.4 Å². The summed E-state index contributed by atoms with van der Waals surface area (Å²) in [7, 11) is 0. The van der Waals surface area contributed by atoms with Crippen molar-refractivity contribution in [3.05, 3.63) is 57.3 Å². The standard InChI is InChI=1S/C20H26N2OS/c1-14-5-7-15(8-6-14)19-16-10-12-24-17(16)9-11-22(19)18(23)13-21-20(2,3)4/h5-8,10,12,19,21H,9,11,13H2,1-4H3/p+1/t19-/m0/s1. The molecule has 3 rings (SSSR count). The summed E-state index contributed by atoms with van der Waals surface area (Å²) in [5, 5.41) is 4.28. The minimum Gasteiger partial charge on any atom is -0.334 e. The van der Waals surface area contributed by atoms with Crippen LogP contribution in [0.1, 0.15) is 48.4 Å². The summed E-state index contributed by atoms with van der Waals surface area (Å²) in [4.78, 5) is 16.4. The molecule has 128 valence electrons. The second-order valence-electron chi connectivity index (χ2n) is 7.72. The number of thiophene rings is 1. The van der Waals surface area contributed by atoms with Crippen molar-refractivity contribution in [2.45, 2.75) is 45.7 Å². The molecule has 0 aliphatic carbocycles. The van der Waals surface area contributed by atoms with Crippen molar-refractivity contribution >= 4 is 17.2 Å². The van der Waals surface area contributed by atoms with Gasteiger partial charge >= 0.3 is 0 Å². The molecule has 0 fully saturated rings. The fourth-order valence-corrected chi connectivity index (χ4v) is 4.11. The molecule has 4 heteroatoms. The van der Waals surface area contributed by atoms with Gasteiger partial charge in [0.05, 0.1) is 11.6 Å². The normalized spacial score (nSPS) is 17.7. The Labute approximate surface area is 148 Å². The molecule has 0 spiro atoms. The number of hydrogen-bond acceptors (Lipinski definition) is 2. The third-order valence-corrected chi connectivity index (χ3v) is 5.56. The maximum atomic E-state index is 12.9. The molecule has 0 saturated heterocycles. The molecule has 1 aliphatic rings. The Morgan fingerprint density at radius 3 is 2.62 bits per heavy atom. The summed E-state index contributed by atoms with van der Waals surface area (Å²) in [6, 6.07) is 10.9. The Morgan fingerprint density at radius 2 is 1.96 bits per heavy atom. The second kappa shape index (κ2) is 6.69. The lowest BCUT2D eigenvalue weighted by molar-refractivity contribution is -0.707. The SMILES string of the molecule is Cc1ccc([C@H]2c3ccsc3CCN2C(=O)C[NH2+]C(C)(C)C)cc1. The third kappa shape index (κ3) is 3.70. The number of carbonyl (C=O) groups is 1. The summed E-state index contributed by atoms with van der Waals surface area (Å²) < 4.78 is 0. The number of carbonyl (C=O) groups excluding carboxylic acids is 1. The topological polar surface area (TPSA) is 36.9 Å². The first kappa shape index (κ1) is 17.2. The number of rotatable bonds is 3. The van der Waals surface area contributed by atoms with Crippen LogP contribution in [0, 0.1) is 6.92 Å². The maximum absolute atomic E-state index is 12.9. The average molecular weight is 344 g/mol. The van der Waals surface area contributed by atoms with E-state index in [1.54, 1.807) is 0 Å². The van der Waals surface area contributed by atoms with Gasteiger partial charge in [-0.2, -0.15) is 0 Å². The summed E-state index contributed by atoms with van der Waals surface area (Å²) >= 11 is 1.81. The van der Waals surface area contributed by atoms with E-state index in [4.69, 9.17) is 0 Å². The Kier molecular flexibility index (Phi) is 4.79. The smallest absolute Gasteiger partial charge is 0.278 e. The summed E-state index contributed by atoms with van der Waals surface area (Å²) in [6.45, 7) is 9.84. The lowest BCUT2D eigenvalue weighted by Gasteiger charge is -2.36. The second-order valence-corrected chi connectivity index (χ2v) is 8.72. The minimum atomic E-state index is 0.0569. The zero-order valence-electron chi connectivity index (χ0n) is 15.0. The molecule has 1 aliphatic heterocycles. The van der Waals surface area contributed by atoms with E-state index in [0.717, 1.165) is 13.0 Å². The van der Waals surface area contributed by atoms with Gasteiger partial charge in [0.25, 0.3) is 5.91 Å². The van der Waals surface area contributed by atoms with Crippen LogP contribution in [0.25, 0.3) is 0 Å². The number of nitrogens with zero attached hydrogens (tertiary/aromatic N) is 1. The van der Waals surface area contributed by atoms with E-state index in [1.807, 2.05) is 11.3 Å². The Balaban J connectivity index is 1.90. The fraction of sp³-hybridized carbons (Fsp3) is 0.450. The van der Waals surface area contributed by atoms with E-state index >= 15 is 0 Å². The Hall–Kier alpha value is -1.65. The first-order chi connectivity index (χ1) is 11.3. The largest absolute Gasteiger partial charge is 0.334 e. The van der Waals surface area contributed by atoms with Gasteiger partial charge in [0.1, 0.15) is 0 Å². The van der Waals surface area contributed by atoms with Gasteiger partial charge in [0, 0.05) is 11.4 Å². The lowest BCUT2D eigenvalue weighted by atomic mass is 9.92. The van der Waals surface area contributed by atoms with Gasteiger partial charge in [-0.15, -0.1) is 11.3 Å². The number of quaternary nitrogens is 1. The fourth-order valence-electron chi connectivity index (χ4n) is 3.20. The molecule has 1 aromatic heterocycles. The first-order valence-electron chi connectivity index (χ1n) is 8.62. The van der Waals surface area contributed by atoms with E-state index in [2.05, 4.69) is 73.6 Å². The molecule has 3 nitrogen and oxygen atoms in total. The van der Waals surface area contributed by atoms with Gasteiger partial charge in [-0.1, -0.05) is 29.8 Å². The molecule has 2 aromatic rings. The zero-order chi connectivity index (χ0) is 17.3. The van der Waals surface area contributed by atoms with Crippen LogP contribution in [-0.2, 0) is 11.2 Å². The average Bonchev–Trinajstić information content (AvgIpc) is 3.00. The number of benzene rings is 1. The molecule has 2 heterocycles. The molecule has 1 amide bonds. The van der Waals surface area contributed by atoms with Crippen molar-refractivity contribution in [1.29, 1.82) is 0 Å². The molecular weight excluding hydrogens is 316 g/mol. The van der Waals surface area contributed by atoms with Gasteiger partial charge in [-0.3, -0.25) is 4.79 Å². The summed E-state index contributed by atoms with van der Waals surface area (Å²) in [5.41, 5.74) is 3.83. The molecular formula is C20H27N2OS+. The predicted octanol–water partition coefficient (Wildman–Crippen LogP) is 2.89. The van der Waals surface area contributed by atoms with E-state index in [0.29, 0.717) is 6.54 Å². The van der Waals surface area contributed by atoms with Crippen LogP contribution in [0.5, 0.6) is 0 Å². The monoisotopic (exact) mass is 343 g/mol. The summed E-state index contributed by atoms with van der Waals surface area (Å²) in [5.74, 6) is 0.229. The molecule has 0 radical (unpaired) electrons. The van der Waals surface area contributed by atoms with Gasteiger partial charge in [-0.05, 0) is 56.7 Å². The molecule has 2 N–H and O–H groups in total. The van der Waals surface area contributed by atoms with Gasteiger partial charge in [0.15, 0.2) is 6.54 Å². The molecule has 1 atom stereocenters. The van der Waals surface area contributed by atoms with Crippen molar-refractivity contribution in [3.8, 4) is 0 Å². The highest BCUT2D eigenvalue weighted by atomic mass is 32.1. The highest BCUT2D eigenvalue weighted by Gasteiger charge is 2.33. The van der Waals surface area contributed by atoms with Crippen LogP contribution >= 0.6 is 11.3 Å². The molecule has 1 aromatic carbocycles. The predicted molar refractivity (Wildman–Crippen MR) is 99.3 cm³/mol. The third-order valence-electron chi connectivity index (χ3n) is 4.57. The minimum absolute atomic E-state index is 0.0569. The van der Waals surface area contributed by atoms with Gasteiger partial charge < -0.3 is 10.2 Å². The van der Waals surface area contributed by atoms with E-state index in [1.165, 1.54) is 21.6 Å². The van der Waals surface area contributed by atoms with Crippen molar-refractivity contribution in [3.63, 3.8) is 0 Å². The zero-order valence-corrected chi connectivity index (χ0v) is 15.8. The van der Waals surface area contributed by atoms with Gasteiger partial charge in [-0.25, -0.2) is 0 Å². The molecule has 24 heavy (non-hydrogen) atoms. The van der Waals surface area contributed by atoms with Crippen molar-refractivity contribution in [2.24, 2.45) is 0 Å². The highest BCUT2D eigenvalue weighted by molar-refractivity contribution is 7.10. The van der Waals surface area contributed by atoms with Crippen LogP contribution in [0.15, 0.2) is 35.7 Å². The summed E-state index contributed by atoms with van der Waals surface area (Å²) in [6.07, 6.45) is 0.969. The van der Waals surface area contributed by atoms with Crippen LogP contribution < -0.4 is 5.32 Å². The number of aryl methyl sites for hydroxylation is 1. The Morgan fingerprint density at radius 1 is 1.25 bits per heavy atom. The van der Waals surface area contributed by atoms with E-state index < -0.39 is 0 Å². The van der Waals surface area contributed by atoms with E-state index in [9.17, 15) is 4.79 Å². The van der Waals surface area contributed by atoms with Gasteiger partial charge in [0.2, 0.25) is 0 Å². The van der Waals surface area contributed by atoms with Crippen LogP contribution in [0.3, 0.4) is 0 Å². The molecule has 0 bridgehead atoms. The highest BCUT2D eigenvalue weighted by Crippen LogP contribution is 2.37. The van der Waals surface area contributed by atoms with Crippen molar-refractivity contribution in [1.82, 2.24) is 4.90 Å². The van der Waals surface area contributed by atoms with E-state index in [-0.39, 0.29) is 17.5 Å². The van der Waals surface area contributed by atoms with Crippen molar-refractivity contribution in [2.75, 3.05) is 13.1 Å². The molecule has 0 unspecified atom stereocenters. The van der Waals surface area contributed by atoms with Crippen molar-refractivity contribution < 1.29 is 10.1 Å². The number of amides is 1. The van der Waals surface area contributed by atoms with Crippen LogP contribution in [0.2, 0.25) is 0 Å². The molecule has 0 saturated carbocycles. The maximum Gasteiger partial charge on any atom is 0.278 e. The Bertz CT molecular complexity index is 712. The van der Waals surface area contributed by atoms with Crippen LogP contribution in [0.4, 0.5) is 0 Å².